The first-order valence-electron chi connectivity index (χ1n) is 4.45. The predicted octanol–water partition coefficient (Wildman–Crippen LogP) is 2.54. The molecular formula is C11H11BrO3. The van der Waals surface area contributed by atoms with E-state index in [1.807, 2.05) is 0 Å². The molecule has 3 nitrogen and oxygen atoms in total. The van der Waals surface area contributed by atoms with Crippen LogP contribution in [0, 0.1) is 0 Å². The third-order valence-electron chi connectivity index (χ3n) is 1.84. The largest absolute Gasteiger partial charge is 0.478 e. The van der Waals surface area contributed by atoms with Crippen LogP contribution in [0.5, 0.6) is 0 Å². The highest BCUT2D eigenvalue weighted by Gasteiger charge is 2.07. The average molecular weight is 271 g/mol. The van der Waals surface area contributed by atoms with Crippen molar-refractivity contribution >= 4 is 28.0 Å². The Labute approximate surface area is 96.2 Å². The molecule has 0 saturated heterocycles. The first-order valence-corrected chi connectivity index (χ1v) is 5.24. The second-order valence-corrected chi connectivity index (χ2v) is 3.87. The summed E-state index contributed by atoms with van der Waals surface area (Å²) >= 11 is 3.22. The first kappa shape index (κ1) is 11.9. The molecule has 0 aliphatic heterocycles. The van der Waals surface area contributed by atoms with Gasteiger partial charge in [0.1, 0.15) is 0 Å². The van der Waals surface area contributed by atoms with Crippen molar-refractivity contribution in [2.75, 3.05) is 6.61 Å². The molecule has 0 aliphatic carbocycles. The molecule has 80 valence electrons. The van der Waals surface area contributed by atoms with Gasteiger partial charge in [0.05, 0.1) is 5.56 Å². The minimum Gasteiger partial charge on any atom is -0.478 e. The zero-order valence-corrected chi connectivity index (χ0v) is 9.57. The van der Waals surface area contributed by atoms with Crippen molar-refractivity contribution in [3.8, 4) is 0 Å². The third-order valence-corrected chi connectivity index (χ3v) is 2.33. The van der Waals surface area contributed by atoms with Crippen molar-refractivity contribution < 1.29 is 15.0 Å². The van der Waals surface area contributed by atoms with Crippen LogP contribution in [0.4, 0.5) is 0 Å². The zero-order valence-electron chi connectivity index (χ0n) is 7.98. The van der Waals surface area contributed by atoms with Gasteiger partial charge in [0.15, 0.2) is 0 Å². The average Bonchev–Trinajstić information content (AvgIpc) is 2.20. The van der Waals surface area contributed by atoms with Crippen LogP contribution in [-0.4, -0.2) is 22.8 Å². The smallest absolute Gasteiger partial charge is 0.336 e. The van der Waals surface area contributed by atoms with Crippen LogP contribution >= 0.6 is 15.9 Å². The molecule has 0 aromatic heterocycles. The van der Waals surface area contributed by atoms with Gasteiger partial charge in [-0.2, -0.15) is 0 Å². The molecule has 0 heterocycles. The van der Waals surface area contributed by atoms with Crippen molar-refractivity contribution in [2.45, 2.75) is 6.42 Å². The lowest BCUT2D eigenvalue weighted by Crippen LogP contribution is -1.99. The standard InChI is InChI=1S/C11H11BrO3/c12-9-5-4-8(3-1-2-6-13)10(7-9)11(14)15/h1,3-5,7,13H,2,6H2,(H,14,15). The van der Waals surface area contributed by atoms with Gasteiger partial charge < -0.3 is 10.2 Å². The number of carboxylic acids is 1. The normalized spacial score (nSPS) is 10.8. The molecule has 0 atom stereocenters. The first-order chi connectivity index (χ1) is 7.15. The molecule has 1 aromatic carbocycles. The Kier molecular flexibility index (Phi) is 4.52. The number of benzene rings is 1. The molecular weight excluding hydrogens is 260 g/mol. The molecule has 0 radical (unpaired) electrons. The van der Waals surface area contributed by atoms with Gasteiger partial charge in [0.25, 0.3) is 0 Å². The molecule has 2 N–H and O–H groups in total. The molecule has 0 saturated carbocycles. The van der Waals surface area contributed by atoms with E-state index in [4.69, 9.17) is 10.2 Å². The Morgan fingerprint density at radius 3 is 2.80 bits per heavy atom. The second-order valence-electron chi connectivity index (χ2n) is 2.95. The van der Waals surface area contributed by atoms with Crippen molar-refractivity contribution in [3.63, 3.8) is 0 Å². The Morgan fingerprint density at radius 2 is 2.20 bits per heavy atom. The fourth-order valence-corrected chi connectivity index (χ4v) is 1.50. The van der Waals surface area contributed by atoms with E-state index in [0.29, 0.717) is 12.0 Å². The number of halogens is 1. The van der Waals surface area contributed by atoms with Crippen LogP contribution in [0.3, 0.4) is 0 Å². The Bertz CT molecular complexity index is 385. The molecule has 0 aliphatic rings. The van der Waals surface area contributed by atoms with Gasteiger partial charge in [-0.1, -0.05) is 34.1 Å². The van der Waals surface area contributed by atoms with Crippen LogP contribution in [-0.2, 0) is 0 Å². The second kappa shape index (κ2) is 5.68. The maximum atomic E-state index is 10.9. The van der Waals surface area contributed by atoms with E-state index in [2.05, 4.69) is 15.9 Å². The van der Waals surface area contributed by atoms with Crippen LogP contribution in [0.25, 0.3) is 6.08 Å². The molecule has 1 aromatic rings. The Balaban J connectivity index is 3.01. The van der Waals surface area contributed by atoms with Gasteiger partial charge in [-0.3, -0.25) is 0 Å². The number of carboxylic acid groups (broad SMARTS) is 1. The topological polar surface area (TPSA) is 57.5 Å². The van der Waals surface area contributed by atoms with Gasteiger partial charge >= 0.3 is 5.97 Å². The minimum atomic E-state index is -0.958. The number of rotatable bonds is 4. The Morgan fingerprint density at radius 1 is 1.47 bits per heavy atom. The fraction of sp³-hybridized carbons (Fsp3) is 0.182. The van der Waals surface area contributed by atoms with Gasteiger partial charge in [0, 0.05) is 11.1 Å². The van der Waals surface area contributed by atoms with Gasteiger partial charge in [-0.05, 0) is 24.1 Å². The van der Waals surface area contributed by atoms with E-state index < -0.39 is 5.97 Å². The summed E-state index contributed by atoms with van der Waals surface area (Å²) in [4.78, 5) is 10.9. The summed E-state index contributed by atoms with van der Waals surface area (Å²) in [6, 6.07) is 5.06. The quantitative estimate of drug-likeness (QED) is 0.884. The number of carbonyl (C=O) groups is 1. The highest BCUT2D eigenvalue weighted by molar-refractivity contribution is 9.10. The van der Waals surface area contributed by atoms with Gasteiger partial charge in [-0.15, -0.1) is 0 Å². The van der Waals surface area contributed by atoms with E-state index >= 15 is 0 Å². The summed E-state index contributed by atoms with van der Waals surface area (Å²) in [6.45, 7) is 0.0649. The lowest BCUT2D eigenvalue weighted by Gasteiger charge is -2.01. The summed E-state index contributed by atoms with van der Waals surface area (Å²) in [5, 5.41) is 17.5. The van der Waals surface area contributed by atoms with Crippen LogP contribution in [0.15, 0.2) is 28.7 Å². The van der Waals surface area contributed by atoms with E-state index in [9.17, 15) is 4.79 Å². The molecule has 0 unspecified atom stereocenters. The van der Waals surface area contributed by atoms with Crippen molar-refractivity contribution in [3.05, 3.63) is 39.9 Å². The lowest BCUT2D eigenvalue weighted by molar-refractivity contribution is 0.0696. The maximum absolute atomic E-state index is 10.9. The highest BCUT2D eigenvalue weighted by Crippen LogP contribution is 2.18. The maximum Gasteiger partial charge on any atom is 0.336 e. The zero-order chi connectivity index (χ0) is 11.3. The van der Waals surface area contributed by atoms with Gasteiger partial charge in [-0.25, -0.2) is 4.79 Å². The monoisotopic (exact) mass is 270 g/mol. The number of aliphatic hydroxyl groups is 1. The van der Waals surface area contributed by atoms with E-state index in [1.54, 1.807) is 30.4 Å². The summed E-state index contributed by atoms with van der Waals surface area (Å²) in [5.41, 5.74) is 0.887. The fourth-order valence-electron chi connectivity index (χ4n) is 1.14. The molecule has 15 heavy (non-hydrogen) atoms. The summed E-state index contributed by atoms with van der Waals surface area (Å²) in [5.74, 6) is -0.958. The summed E-state index contributed by atoms with van der Waals surface area (Å²) < 4.78 is 0.735. The molecule has 0 spiro atoms. The van der Waals surface area contributed by atoms with E-state index in [1.165, 1.54) is 0 Å². The summed E-state index contributed by atoms with van der Waals surface area (Å²) in [7, 11) is 0. The van der Waals surface area contributed by atoms with Crippen molar-refractivity contribution in [2.24, 2.45) is 0 Å². The van der Waals surface area contributed by atoms with Crippen LogP contribution in [0.2, 0.25) is 0 Å². The van der Waals surface area contributed by atoms with Crippen LogP contribution < -0.4 is 0 Å². The highest BCUT2D eigenvalue weighted by atomic mass is 79.9. The number of hydrogen-bond donors (Lipinski definition) is 2. The third kappa shape index (κ3) is 3.49. The molecule has 0 amide bonds. The van der Waals surface area contributed by atoms with Crippen molar-refractivity contribution in [1.29, 1.82) is 0 Å². The van der Waals surface area contributed by atoms with E-state index in [0.717, 1.165) is 4.47 Å². The summed E-state index contributed by atoms with van der Waals surface area (Å²) in [6.07, 6.45) is 3.97. The van der Waals surface area contributed by atoms with Gasteiger partial charge in [0.2, 0.25) is 0 Å². The number of aliphatic hydroxyl groups excluding tert-OH is 1. The van der Waals surface area contributed by atoms with E-state index in [-0.39, 0.29) is 12.2 Å². The number of hydrogen-bond acceptors (Lipinski definition) is 2. The van der Waals surface area contributed by atoms with Crippen LogP contribution in [0.1, 0.15) is 22.3 Å². The molecule has 0 fully saturated rings. The predicted molar refractivity (Wildman–Crippen MR) is 61.8 cm³/mol. The molecule has 1 rings (SSSR count). The number of aromatic carboxylic acids is 1. The van der Waals surface area contributed by atoms with Crippen molar-refractivity contribution in [1.82, 2.24) is 0 Å². The SMILES string of the molecule is O=C(O)c1cc(Br)ccc1C=CCCO. The molecule has 4 heteroatoms. The minimum absolute atomic E-state index is 0.0649. The molecule has 0 bridgehead atoms. The Hall–Kier alpha value is -1.13. The lowest BCUT2D eigenvalue weighted by atomic mass is 10.1.